The first-order valence-corrected chi connectivity index (χ1v) is 7.67. The van der Waals surface area contributed by atoms with Crippen LogP contribution in [0.3, 0.4) is 0 Å². The highest BCUT2D eigenvalue weighted by molar-refractivity contribution is 6.01. The Bertz CT molecular complexity index is 747. The average molecular weight is 343 g/mol. The SMILES string of the molecule is COc1cc(NC(=O)CN)c(NC(=O)Cc2ccccc2)cc1OC. The molecule has 4 N–H and O–H groups in total. The normalized spacial score (nSPS) is 10.0. The molecule has 0 saturated heterocycles. The van der Waals surface area contributed by atoms with Crippen molar-refractivity contribution in [2.24, 2.45) is 5.73 Å². The largest absolute Gasteiger partial charge is 0.493 e. The van der Waals surface area contributed by atoms with E-state index < -0.39 is 0 Å². The van der Waals surface area contributed by atoms with Crippen LogP contribution in [0, 0.1) is 0 Å². The zero-order valence-corrected chi connectivity index (χ0v) is 14.2. The monoisotopic (exact) mass is 343 g/mol. The van der Waals surface area contributed by atoms with Gasteiger partial charge in [-0.15, -0.1) is 0 Å². The topological polar surface area (TPSA) is 103 Å². The van der Waals surface area contributed by atoms with Crippen molar-refractivity contribution in [1.82, 2.24) is 0 Å². The van der Waals surface area contributed by atoms with Gasteiger partial charge in [0.2, 0.25) is 11.8 Å². The van der Waals surface area contributed by atoms with Crippen molar-refractivity contribution in [1.29, 1.82) is 0 Å². The molecular formula is C18H21N3O4. The number of carbonyl (C=O) groups excluding carboxylic acids is 2. The predicted molar refractivity (Wildman–Crippen MR) is 96.0 cm³/mol. The van der Waals surface area contributed by atoms with Crippen LogP contribution >= 0.6 is 0 Å². The third-order valence-corrected chi connectivity index (χ3v) is 3.46. The summed E-state index contributed by atoms with van der Waals surface area (Å²) in [7, 11) is 2.98. The van der Waals surface area contributed by atoms with E-state index in [4.69, 9.17) is 15.2 Å². The van der Waals surface area contributed by atoms with Gasteiger partial charge in [-0.2, -0.15) is 0 Å². The Morgan fingerprint density at radius 2 is 1.44 bits per heavy atom. The summed E-state index contributed by atoms with van der Waals surface area (Å²) < 4.78 is 10.5. The van der Waals surface area contributed by atoms with Gasteiger partial charge in [-0.3, -0.25) is 9.59 Å². The van der Waals surface area contributed by atoms with Crippen LogP contribution in [0.2, 0.25) is 0 Å². The Balaban J connectivity index is 2.26. The Kier molecular flexibility index (Phi) is 6.36. The molecule has 0 saturated carbocycles. The molecule has 2 aromatic carbocycles. The number of hydrogen-bond donors (Lipinski definition) is 3. The molecule has 0 atom stereocenters. The van der Waals surface area contributed by atoms with Crippen LogP contribution in [-0.2, 0) is 16.0 Å². The van der Waals surface area contributed by atoms with E-state index in [2.05, 4.69) is 10.6 Å². The second-order valence-electron chi connectivity index (χ2n) is 5.22. The first kappa shape index (κ1) is 18.3. The number of hydrogen-bond acceptors (Lipinski definition) is 5. The van der Waals surface area contributed by atoms with Crippen molar-refractivity contribution >= 4 is 23.2 Å². The van der Waals surface area contributed by atoms with Gasteiger partial charge in [0.25, 0.3) is 0 Å². The van der Waals surface area contributed by atoms with E-state index in [-0.39, 0.29) is 24.8 Å². The Morgan fingerprint density at radius 1 is 0.920 bits per heavy atom. The fourth-order valence-electron chi connectivity index (χ4n) is 2.26. The first-order chi connectivity index (χ1) is 12.1. The second kappa shape index (κ2) is 8.70. The predicted octanol–water partition coefficient (Wildman–Crippen LogP) is 1.78. The Hall–Kier alpha value is -3.06. The summed E-state index contributed by atoms with van der Waals surface area (Å²) in [6, 6.07) is 12.5. The van der Waals surface area contributed by atoms with Crippen LogP contribution in [0.15, 0.2) is 42.5 Å². The van der Waals surface area contributed by atoms with Crippen LogP contribution in [0.5, 0.6) is 11.5 Å². The molecule has 2 aromatic rings. The third-order valence-electron chi connectivity index (χ3n) is 3.46. The minimum absolute atomic E-state index is 0.175. The fourth-order valence-corrected chi connectivity index (χ4v) is 2.26. The van der Waals surface area contributed by atoms with Crippen molar-refractivity contribution in [3.05, 3.63) is 48.0 Å². The number of nitrogens with one attached hydrogen (secondary N) is 2. The van der Waals surface area contributed by atoms with Gasteiger partial charge < -0.3 is 25.8 Å². The van der Waals surface area contributed by atoms with Gasteiger partial charge in [-0.1, -0.05) is 30.3 Å². The maximum absolute atomic E-state index is 12.3. The number of rotatable bonds is 7. The highest BCUT2D eigenvalue weighted by Gasteiger charge is 2.15. The highest BCUT2D eigenvalue weighted by atomic mass is 16.5. The molecule has 0 heterocycles. The molecule has 7 heteroatoms. The first-order valence-electron chi connectivity index (χ1n) is 7.67. The molecular weight excluding hydrogens is 322 g/mol. The fraction of sp³-hybridized carbons (Fsp3) is 0.222. The van der Waals surface area contributed by atoms with Crippen molar-refractivity contribution < 1.29 is 19.1 Å². The van der Waals surface area contributed by atoms with Crippen LogP contribution in [0.4, 0.5) is 11.4 Å². The molecule has 0 aliphatic rings. The molecule has 25 heavy (non-hydrogen) atoms. The maximum Gasteiger partial charge on any atom is 0.238 e. The van der Waals surface area contributed by atoms with Gasteiger partial charge in [-0.05, 0) is 5.56 Å². The quantitative estimate of drug-likeness (QED) is 0.711. The second-order valence-corrected chi connectivity index (χ2v) is 5.22. The number of benzene rings is 2. The lowest BCUT2D eigenvalue weighted by atomic mass is 10.1. The van der Waals surface area contributed by atoms with Gasteiger partial charge in [0, 0.05) is 12.1 Å². The van der Waals surface area contributed by atoms with E-state index >= 15 is 0 Å². The lowest BCUT2D eigenvalue weighted by Gasteiger charge is -2.16. The van der Waals surface area contributed by atoms with Crippen molar-refractivity contribution in [3.8, 4) is 11.5 Å². The summed E-state index contributed by atoms with van der Waals surface area (Å²) in [4.78, 5) is 24.0. The molecule has 0 aliphatic carbocycles. The highest BCUT2D eigenvalue weighted by Crippen LogP contribution is 2.36. The maximum atomic E-state index is 12.3. The summed E-state index contributed by atoms with van der Waals surface area (Å²) in [5.41, 5.74) is 7.01. The zero-order valence-electron chi connectivity index (χ0n) is 14.2. The lowest BCUT2D eigenvalue weighted by molar-refractivity contribution is -0.116. The summed E-state index contributed by atoms with van der Waals surface area (Å²) in [6.45, 7) is -0.175. The van der Waals surface area contributed by atoms with Crippen molar-refractivity contribution in [2.75, 3.05) is 31.4 Å². The van der Waals surface area contributed by atoms with E-state index in [0.29, 0.717) is 22.9 Å². The molecule has 2 amide bonds. The summed E-state index contributed by atoms with van der Waals surface area (Å²) in [5, 5.41) is 5.43. The van der Waals surface area contributed by atoms with E-state index in [0.717, 1.165) is 5.56 Å². The van der Waals surface area contributed by atoms with Gasteiger partial charge in [0.05, 0.1) is 38.6 Å². The third kappa shape index (κ3) is 4.95. The molecule has 0 radical (unpaired) electrons. The smallest absolute Gasteiger partial charge is 0.238 e. The minimum atomic E-state index is -0.384. The van der Waals surface area contributed by atoms with E-state index in [1.165, 1.54) is 14.2 Å². The van der Waals surface area contributed by atoms with Crippen LogP contribution in [-0.4, -0.2) is 32.6 Å². The molecule has 0 fully saturated rings. The zero-order chi connectivity index (χ0) is 18.2. The summed E-state index contributed by atoms with van der Waals surface area (Å²) in [5.74, 6) is 0.256. The molecule has 0 aromatic heterocycles. The summed E-state index contributed by atoms with van der Waals surface area (Å²) in [6.07, 6.45) is 0.208. The number of ether oxygens (including phenoxy) is 2. The van der Waals surface area contributed by atoms with Gasteiger partial charge >= 0.3 is 0 Å². The van der Waals surface area contributed by atoms with Crippen LogP contribution in [0.25, 0.3) is 0 Å². The van der Waals surface area contributed by atoms with E-state index in [1.54, 1.807) is 12.1 Å². The number of carbonyl (C=O) groups is 2. The van der Waals surface area contributed by atoms with E-state index in [9.17, 15) is 9.59 Å². The lowest BCUT2D eigenvalue weighted by Crippen LogP contribution is -2.23. The Morgan fingerprint density at radius 3 is 1.92 bits per heavy atom. The van der Waals surface area contributed by atoms with Crippen LogP contribution < -0.4 is 25.8 Å². The number of methoxy groups -OCH3 is 2. The Labute approximate surface area is 146 Å². The summed E-state index contributed by atoms with van der Waals surface area (Å²) >= 11 is 0. The number of amides is 2. The molecule has 132 valence electrons. The molecule has 0 bridgehead atoms. The van der Waals surface area contributed by atoms with Gasteiger partial charge in [0.15, 0.2) is 11.5 Å². The molecule has 0 unspecified atom stereocenters. The van der Waals surface area contributed by atoms with Crippen molar-refractivity contribution in [3.63, 3.8) is 0 Å². The minimum Gasteiger partial charge on any atom is -0.493 e. The number of anilines is 2. The molecule has 0 spiro atoms. The molecule has 7 nitrogen and oxygen atoms in total. The van der Waals surface area contributed by atoms with Crippen molar-refractivity contribution in [2.45, 2.75) is 6.42 Å². The van der Waals surface area contributed by atoms with Crippen LogP contribution in [0.1, 0.15) is 5.56 Å². The van der Waals surface area contributed by atoms with Gasteiger partial charge in [0.1, 0.15) is 0 Å². The molecule has 0 aliphatic heterocycles. The molecule has 2 rings (SSSR count). The standard InChI is InChI=1S/C18H21N3O4/c1-24-15-9-13(14(10-16(15)25-2)21-18(23)11-19)20-17(22)8-12-6-4-3-5-7-12/h3-7,9-10H,8,11,19H2,1-2H3,(H,20,22)(H,21,23). The average Bonchev–Trinajstić information content (AvgIpc) is 2.63. The van der Waals surface area contributed by atoms with Gasteiger partial charge in [-0.25, -0.2) is 0 Å². The number of nitrogens with two attached hydrogens (primary N) is 1. The van der Waals surface area contributed by atoms with E-state index in [1.807, 2.05) is 30.3 Å².